The topological polar surface area (TPSA) is 53.1 Å². The Morgan fingerprint density at radius 1 is 0.939 bits per heavy atom. The van der Waals surface area contributed by atoms with E-state index in [2.05, 4.69) is 4.90 Å². The summed E-state index contributed by atoms with van der Waals surface area (Å²) in [6.07, 6.45) is -0.493. The molecule has 0 N–H and O–H groups in total. The number of benzene rings is 2. The highest BCUT2D eigenvalue weighted by atomic mass is 19.1. The molecule has 33 heavy (non-hydrogen) atoms. The van der Waals surface area contributed by atoms with Crippen molar-refractivity contribution in [3.05, 3.63) is 64.5 Å². The lowest BCUT2D eigenvalue weighted by Crippen LogP contribution is -2.47. The first-order chi connectivity index (χ1) is 15.8. The van der Waals surface area contributed by atoms with Gasteiger partial charge in [0.25, 0.3) is 0 Å². The molecule has 0 atom stereocenters. The summed E-state index contributed by atoms with van der Waals surface area (Å²) in [6.45, 7) is 6.04. The minimum absolute atomic E-state index is 0.0852. The largest absolute Gasteiger partial charge is 0.491 e. The molecule has 176 valence electrons. The second kappa shape index (κ2) is 9.82. The van der Waals surface area contributed by atoms with Crippen LogP contribution in [-0.2, 0) is 29.1 Å². The normalized spacial score (nSPS) is 16.7. The van der Waals surface area contributed by atoms with Crippen LogP contribution in [0.1, 0.15) is 23.6 Å². The smallest absolute Gasteiger partial charge is 0.227 e. The molecular weight excluding hydrogens is 435 g/mol. The zero-order valence-corrected chi connectivity index (χ0v) is 18.5. The summed E-state index contributed by atoms with van der Waals surface area (Å²) >= 11 is 0. The number of rotatable bonds is 4. The predicted molar refractivity (Wildman–Crippen MR) is 115 cm³/mol. The molecule has 2 aliphatic rings. The molecule has 2 heterocycles. The quantitative estimate of drug-likeness (QED) is 0.703. The summed E-state index contributed by atoms with van der Waals surface area (Å²) < 4.78 is 46.9. The van der Waals surface area contributed by atoms with E-state index in [0.29, 0.717) is 37.5 Å². The van der Waals surface area contributed by atoms with Crippen molar-refractivity contribution in [2.24, 2.45) is 0 Å². The van der Waals surface area contributed by atoms with Crippen molar-refractivity contribution < 1.29 is 27.5 Å². The van der Waals surface area contributed by atoms with E-state index in [1.165, 1.54) is 4.90 Å². The number of fused-ring (bicyclic) bond motifs is 1. The summed E-state index contributed by atoms with van der Waals surface area (Å²) in [5.41, 5.74) is 1.43. The Hall–Kier alpha value is -3.07. The van der Waals surface area contributed by atoms with Gasteiger partial charge in [-0.1, -0.05) is 6.07 Å². The van der Waals surface area contributed by atoms with Gasteiger partial charge in [0.05, 0.1) is 13.0 Å². The molecule has 1 saturated heterocycles. The Bertz CT molecular complexity index is 1030. The second-order valence-electron chi connectivity index (χ2n) is 8.41. The summed E-state index contributed by atoms with van der Waals surface area (Å²) in [4.78, 5) is 29.9. The average molecular weight is 461 g/mol. The highest BCUT2D eigenvalue weighted by Crippen LogP contribution is 2.26. The predicted octanol–water partition coefficient (Wildman–Crippen LogP) is 2.73. The minimum Gasteiger partial charge on any atom is -0.491 e. The van der Waals surface area contributed by atoms with Crippen molar-refractivity contribution >= 4 is 11.8 Å². The Morgan fingerprint density at radius 3 is 2.30 bits per heavy atom. The summed E-state index contributed by atoms with van der Waals surface area (Å²) in [5, 5.41) is 0. The molecule has 1 fully saturated rings. The summed E-state index contributed by atoms with van der Waals surface area (Å²) in [5.74, 6) is -2.86. The number of amides is 2. The van der Waals surface area contributed by atoms with E-state index in [9.17, 15) is 22.8 Å². The van der Waals surface area contributed by atoms with Crippen LogP contribution in [0.15, 0.2) is 30.3 Å². The van der Waals surface area contributed by atoms with E-state index < -0.39 is 35.3 Å². The van der Waals surface area contributed by atoms with Gasteiger partial charge in [-0.25, -0.2) is 13.2 Å². The van der Waals surface area contributed by atoms with E-state index in [0.717, 1.165) is 24.2 Å². The fraction of sp³-hybridized carbons (Fsp3) is 0.417. The number of ether oxygens (including phenoxy) is 1. The van der Waals surface area contributed by atoms with Gasteiger partial charge in [-0.05, 0) is 17.7 Å². The molecule has 9 heteroatoms. The molecular formula is C24H26F3N3O3. The van der Waals surface area contributed by atoms with Crippen molar-refractivity contribution in [3.8, 4) is 5.75 Å². The van der Waals surface area contributed by atoms with Crippen LogP contribution in [0.2, 0.25) is 0 Å². The van der Waals surface area contributed by atoms with Crippen molar-refractivity contribution in [3.63, 3.8) is 0 Å². The van der Waals surface area contributed by atoms with Crippen molar-refractivity contribution in [1.82, 2.24) is 14.7 Å². The van der Waals surface area contributed by atoms with Gasteiger partial charge in [-0.3, -0.25) is 14.5 Å². The number of carbonyl (C=O) groups excluding carboxylic acids is 2. The number of hydrogen-bond donors (Lipinski definition) is 0. The molecule has 2 aromatic carbocycles. The standard InChI is InChI=1S/C24H26F3N3O3/c1-16(31)29-6-4-28(5-7-29)14-17-2-3-23-18(10-17)15-30(8-9-33-23)24(32)13-20-21(26)11-19(25)12-22(20)27/h2-3,10-12H,4-9,13-15H2,1H3. The number of carbonyl (C=O) groups is 2. The Labute approximate surface area is 190 Å². The maximum Gasteiger partial charge on any atom is 0.227 e. The first-order valence-electron chi connectivity index (χ1n) is 10.9. The fourth-order valence-electron chi connectivity index (χ4n) is 4.24. The third kappa shape index (κ3) is 5.47. The minimum atomic E-state index is -1.07. The van der Waals surface area contributed by atoms with E-state index in [1.54, 1.807) is 6.92 Å². The van der Waals surface area contributed by atoms with Crippen LogP contribution in [0, 0.1) is 17.5 Å². The second-order valence-corrected chi connectivity index (χ2v) is 8.41. The molecule has 2 aromatic rings. The van der Waals surface area contributed by atoms with Crippen LogP contribution in [0.5, 0.6) is 5.75 Å². The average Bonchev–Trinajstić information content (AvgIpc) is 2.98. The van der Waals surface area contributed by atoms with Crippen molar-refractivity contribution in [2.45, 2.75) is 26.4 Å². The Morgan fingerprint density at radius 2 is 1.64 bits per heavy atom. The van der Waals surface area contributed by atoms with Crippen LogP contribution in [-0.4, -0.2) is 65.8 Å². The number of hydrogen-bond acceptors (Lipinski definition) is 4. The zero-order valence-electron chi connectivity index (χ0n) is 18.5. The van der Waals surface area contributed by atoms with Crippen LogP contribution >= 0.6 is 0 Å². The lowest BCUT2D eigenvalue weighted by molar-refractivity contribution is -0.131. The summed E-state index contributed by atoms with van der Waals surface area (Å²) in [7, 11) is 0. The van der Waals surface area contributed by atoms with Gasteiger partial charge in [0, 0.05) is 69.5 Å². The molecule has 0 unspecified atom stereocenters. The molecule has 4 rings (SSSR count). The summed E-state index contributed by atoms with van der Waals surface area (Å²) in [6, 6.07) is 7.00. The van der Waals surface area contributed by atoms with Gasteiger partial charge in [0.2, 0.25) is 11.8 Å². The van der Waals surface area contributed by atoms with Crippen LogP contribution < -0.4 is 4.74 Å². The van der Waals surface area contributed by atoms with E-state index in [4.69, 9.17) is 4.74 Å². The highest BCUT2D eigenvalue weighted by molar-refractivity contribution is 5.79. The Balaban J connectivity index is 1.43. The van der Waals surface area contributed by atoms with Crippen molar-refractivity contribution in [2.75, 3.05) is 39.3 Å². The SMILES string of the molecule is CC(=O)N1CCN(Cc2ccc3c(c2)CN(C(=O)Cc2c(F)cc(F)cc2F)CCO3)CC1. The van der Waals surface area contributed by atoms with Crippen molar-refractivity contribution in [1.29, 1.82) is 0 Å². The first kappa shape index (κ1) is 23.1. The molecule has 0 spiro atoms. The van der Waals surface area contributed by atoms with Gasteiger partial charge in [-0.2, -0.15) is 0 Å². The molecule has 0 aliphatic carbocycles. The van der Waals surface area contributed by atoms with E-state index >= 15 is 0 Å². The number of halogens is 3. The highest BCUT2D eigenvalue weighted by Gasteiger charge is 2.24. The van der Waals surface area contributed by atoms with E-state index in [1.807, 2.05) is 23.1 Å². The number of nitrogens with zero attached hydrogens (tertiary/aromatic N) is 3. The van der Waals surface area contributed by atoms with Gasteiger partial charge in [0.1, 0.15) is 29.8 Å². The van der Waals surface area contributed by atoms with Gasteiger partial charge in [0.15, 0.2) is 0 Å². The van der Waals surface area contributed by atoms with Crippen LogP contribution in [0.4, 0.5) is 13.2 Å². The lowest BCUT2D eigenvalue weighted by Gasteiger charge is -2.34. The molecule has 2 amide bonds. The molecule has 2 aliphatic heterocycles. The first-order valence-corrected chi connectivity index (χ1v) is 10.9. The van der Waals surface area contributed by atoms with Gasteiger partial charge in [-0.15, -0.1) is 0 Å². The molecule has 0 radical (unpaired) electrons. The maximum absolute atomic E-state index is 14.0. The zero-order chi connectivity index (χ0) is 23.5. The maximum atomic E-state index is 14.0. The van der Waals surface area contributed by atoms with Gasteiger partial charge >= 0.3 is 0 Å². The molecule has 0 bridgehead atoms. The van der Waals surface area contributed by atoms with Crippen LogP contribution in [0.25, 0.3) is 0 Å². The molecule has 6 nitrogen and oxygen atoms in total. The van der Waals surface area contributed by atoms with Crippen LogP contribution in [0.3, 0.4) is 0 Å². The monoisotopic (exact) mass is 461 g/mol. The van der Waals surface area contributed by atoms with E-state index in [-0.39, 0.29) is 25.6 Å². The third-order valence-corrected chi connectivity index (χ3v) is 6.12. The third-order valence-electron chi connectivity index (χ3n) is 6.12. The lowest BCUT2D eigenvalue weighted by atomic mass is 10.1. The fourth-order valence-corrected chi connectivity index (χ4v) is 4.24. The Kier molecular flexibility index (Phi) is 6.88. The number of piperazine rings is 1. The van der Waals surface area contributed by atoms with Gasteiger partial charge < -0.3 is 14.5 Å². The molecule has 0 saturated carbocycles. The molecule has 0 aromatic heterocycles.